The molecule has 0 amide bonds. The third-order valence-electron chi connectivity index (χ3n) is 5.19. The highest BCUT2D eigenvalue weighted by molar-refractivity contribution is 5.18. The fourth-order valence-electron chi connectivity index (χ4n) is 5.02. The van der Waals surface area contributed by atoms with Crippen LogP contribution in [0.25, 0.3) is 0 Å². The lowest BCUT2D eigenvalue weighted by atomic mass is 9.45. The summed E-state index contributed by atoms with van der Waals surface area (Å²) in [5.41, 5.74) is 0. The van der Waals surface area contributed by atoms with Gasteiger partial charge in [-0.05, 0) is 61.2 Å². The Morgan fingerprint density at radius 1 is 0.500 bits per heavy atom. The Kier molecular flexibility index (Phi) is 0.570. The molecular formula is C10H14. The van der Waals surface area contributed by atoms with Crippen LogP contribution in [0.15, 0.2) is 0 Å². The van der Waals surface area contributed by atoms with Crippen LogP contribution in [0.1, 0.15) is 25.7 Å². The van der Waals surface area contributed by atoms with E-state index >= 15 is 0 Å². The molecule has 4 fully saturated rings. The van der Waals surface area contributed by atoms with Gasteiger partial charge in [0.1, 0.15) is 0 Å². The summed E-state index contributed by atoms with van der Waals surface area (Å²) in [6, 6.07) is 0. The average molecular weight is 134 g/mol. The van der Waals surface area contributed by atoms with E-state index in [4.69, 9.17) is 0 Å². The minimum Gasteiger partial charge on any atom is -0.0496 e. The first-order valence-corrected chi connectivity index (χ1v) is 4.97. The van der Waals surface area contributed by atoms with Crippen molar-refractivity contribution in [2.75, 3.05) is 0 Å². The molecule has 4 unspecified atom stereocenters. The second kappa shape index (κ2) is 1.19. The van der Waals surface area contributed by atoms with Gasteiger partial charge in [-0.3, -0.25) is 0 Å². The van der Waals surface area contributed by atoms with Gasteiger partial charge >= 0.3 is 0 Å². The van der Waals surface area contributed by atoms with Gasteiger partial charge in [-0.15, -0.1) is 0 Å². The van der Waals surface area contributed by atoms with Crippen LogP contribution in [0.4, 0.5) is 0 Å². The van der Waals surface area contributed by atoms with Crippen LogP contribution in [0, 0.1) is 35.5 Å². The van der Waals surface area contributed by atoms with Crippen LogP contribution >= 0.6 is 0 Å². The highest BCUT2D eigenvalue weighted by Crippen LogP contribution is 2.76. The zero-order valence-corrected chi connectivity index (χ0v) is 6.29. The van der Waals surface area contributed by atoms with Crippen molar-refractivity contribution in [2.45, 2.75) is 25.7 Å². The van der Waals surface area contributed by atoms with Crippen molar-refractivity contribution in [3.05, 3.63) is 0 Å². The Labute approximate surface area is 62.0 Å². The molecule has 6 atom stereocenters. The van der Waals surface area contributed by atoms with Crippen molar-refractivity contribution in [1.82, 2.24) is 0 Å². The van der Waals surface area contributed by atoms with Crippen LogP contribution in [-0.4, -0.2) is 0 Å². The molecule has 0 nitrogen and oxygen atoms in total. The molecule has 0 radical (unpaired) electrons. The Morgan fingerprint density at radius 2 is 0.800 bits per heavy atom. The van der Waals surface area contributed by atoms with Crippen molar-refractivity contribution < 1.29 is 0 Å². The molecular weight excluding hydrogens is 120 g/mol. The fourth-order valence-corrected chi connectivity index (χ4v) is 5.02. The summed E-state index contributed by atoms with van der Waals surface area (Å²) in [7, 11) is 0. The molecule has 0 heteroatoms. The maximum atomic E-state index is 1.62. The van der Waals surface area contributed by atoms with Crippen LogP contribution in [0.3, 0.4) is 0 Å². The normalized spacial score (nSPS) is 74.4. The van der Waals surface area contributed by atoms with Crippen molar-refractivity contribution in [2.24, 2.45) is 35.5 Å². The number of rotatable bonds is 0. The zero-order valence-electron chi connectivity index (χ0n) is 6.29. The summed E-state index contributed by atoms with van der Waals surface area (Å²) in [5, 5.41) is 0. The lowest BCUT2D eigenvalue weighted by Crippen LogP contribution is -2.55. The summed E-state index contributed by atoms with van der Waals surface area (Å²) in [6.45, 7) is 0. The molecule has 4 rings (SSSR count). The average Bonchev–Trinajstić information content (AvgIpc) is 2.10. The smallest absolute Gasteiger partial charge is 0.0318 e. The van der Waals surface area contributed by atoms with E-state index in [0.29, 0.717) is 0 Å². The maximum Gasteiger partial charge on any atom is -0.0318 e. The van der Waals surface area contributed by atoms with E-state index < -0.39 is 0 Å². The highest BCUT2D eigenvalue weighted by atomic mass is 14.7. The first-order valence-electron chi connectivity index (χ1n) is 4.97. The largest absolute Gasteiger partial charge is 0.0496 e. The molecule has 4 saturated carbocycles. The molecule has 0 aromatic rings. The Hall–Kier alpha value is 0. The summed E-state index contributed by atoms with van der Waals surface area (Å²) in [6.07, 6.45) is 6.47. The van der Waals surface area contributed by atoms with Crippen LogP contribution in [0.2, 0.25) is 0 Å². The van der Waals surface area contributed by atoms with E-state index in [9.17, 15) is 0 Å². The Balaban J connectivity index is 1.87. The monoisotopic (exact) mass is 134 g/mol. The summed E-state index contributed by atoms with van der Waals surface area (Å²) < 4.78 is 0. The molecule has 4 aliphatic carbocycles. The highest BCUT2D eigenvalue weighted by Gasteiger charge is 2.70. The van der Waals surface area contributed by atoms with Gasteiger partial charge in [0.15, 0.2) is 0 Å². The molecule has 0 saturated heterocycles. The topological polar surface area (TPSA) is 0 Å². The molecule has 0 bridgehead atoms. The van der Waals surface area contributed by atoms with Gasteiger partial charge in [-0.2, -0.15) is 0 Å². The van der Waals surface area contributed by atoms with E-state index in [2.05, 4.69) is 0 Å². The minimum absolute atomic E-state index is 1.24. The summed E-state index contributed by atoms with van der Waals surface area (Å²) >= 11 is 0. The quantitative estimate of drug-likeness (QED) is 0.477. The maximum absolute atomic E-state index is 1.62. The minimum atomic E-state index is 1.24. The first kappa shape index (κ1) is 4.79. The van der Waals surface area contributed by atoms with Crippen LogP contribution in [0.5, 0.6) is 0 Å². The standard InChI is InChI=1S/C10H14/c1-2-6-8-4-3-7-5(1)9(6)10(7)8/h5-10H,1-4H2/t5-,6?,7-,8?,9?,10?/m0/s1. The van der Waals surface area contributed by atoms with E-state index in [0.717, 1.165) is 0 Å². The van der Waals surface area contributed by atoms with E-state index in [1.54, 1.807) is 25.7 Å². The molecule has 0 N–H and O–H groups in total. The van der Waals surface area contributed by atoms with Crippen molar-refractivity contribution in [1.29, 1.82) is 0 Å². The van der Waals surface area contributed by atoms with Crippen molar-refractivity contribution in [3.8, 4) is 0 Å². The van der Waals surface area contributed by atoms with E-state index in [-0.39, 0.29) is 0 Å². The van der Waals surface area contributed by atoms with Crippen molar-refractivity contribution in [3.63, 3.8) is 0 Å². The second-order valence-corrected chi connectivity index (χ2v) is 4.96. The first-order chi connectivity index (χ1) is 4.97. The van der Waals surface area contributed by atoms with Gasteiger partial charge in [0.05, 0.1) is 0 Å². The van der Waals surface area contributed by atoms with Crippen LogP contribution in [-0.2, 0) is 0 Å². The lowest BCUT2D eigenvalue weighted by molar-refractivity contribution is -0.124. The molecule has 0 spiro atoms. The molecule has 4 aliphatic rings. The number of hydrogen-bond donors (Lipinski definition) is 0. The van der Waals surface area contributed by atoms with Crippen LogP contribution < -0.4 is 0 Å². The lowest BCUT2D eigenvalue weighted by Gasteiger charge is -2.59. The second-order valence-electron chi connectivity index (χ2n) is 4.96. The molecule has 54 valence electrons. The Morgan fingerprint density at radius 3 is 1.10 bits per heavy atom. The van der Waals surface area contributed by atoms with Gasteiger partial charge < -0.3 is 0 Å². The van der Waals surface area contributed by atoms with Gasteiger partial charge in [-0.25, -0.2) is 0 Å². The number of hydrogen-bond acceptors (Lipinski definition) is 0. The van der Waals surface area contributed by atoms with E-state index in [1.165, 1.54) is 35.5 Å². The van der Waals surface area contributed by atoms with Gasteiger partial charge in [-0.1, -0.05) is 0 Å². The molecule has 0 aromatic carbocycles. The third-order valence-corrected chi connectivity index (χ3v) is 5.19. The predicted octanol–water partition coefficient (Wildman–Crippen LogP) is 2.30. The van der Waals surface area contributed by atoms with Gasteiger partial charge in [0.25, 0.3) is 0 Å². The molecule has 0 aromatic heterocycles. The summed E-state index contributed by atoms with van der Waals surface area (Å²) in [5.74, 6) is 7.53. The summed E-state index contributed by atoms with van der Waals surface area (Å²) in [4.78, 5) is 0. The zero-order chi connectivity index (χ0) is 6.29. The van der Waals surface area contributed by atoms with Crippen molar-refractivity contribution >= 4 is 0 Å². The van der Waals surface area contributed by atoms with Gasteiger partial charge in [0, 0.05) is 0 Å². The molecule has 10 heavy (non-hydrogen) atoms. The third kappa shape index (κ3) is 0.271. The number of fused-ring (bicyclic) bond motifs is 2. The molecule has 0 heterocycles. The van der Waals surface area contributed by atoms with E-state index in [1.807, 2.05) is 0 Å². The van der Waals surface area contributed by atoms with Gasteiger partial charge in [0.2, 0.25) is 0 Å². The molecule has 0 aliphatic heterocycles. The predicted molar refractivity (Wildman–Crippen MR) is 39.4 cm³/mol. The fraction of sp³-hybridized carbons (Fsp3) is 1.00. The Bertz CT molecular complexity index is 131. The SMILES string of the molecule is C1C[C@@H]2C3C1C1CC[C@@H]2C13.